The Morgan fingerprint density at radius 1 is 1.24 bits per heavy atom. The maximum Gasteiger partial charge on any atom is 0.263 e. The minimum absolute atomic E-state index is 0.164. The summed E-state index contributed by atoms with van der Waals surface area (Å²) >= 11 is 4.46. The summed E-state index contributed by atoms with van der Waals surface area (Å²) in [6, 6.07) is 7.19. The van der Waals surface area contributed by atoms with E-state index in [1.165, 1.54) is 28.5 Å². The van der Waals surface area contributed by atoms with Crippen LogP contribution in [0.5, 0.6) is 0 Å². The smallest absolute Gasteiger partial charge is 0.263 e. The van der Waals surface area contributed by atoms with E-state index < -0.39 is 10.0 Å². The quantitative estimate of drug-likeness (QED) is 0.845. The van der Waals surface area contributed by atoms with E-state index in [1.807, 2.05) is 12.1 Å². The number of rotatable bonds is 4. The first-order valence-corrected chi connectivity index (χ1v) is 9.62. The van der Waals surface area contributed by atoms with Crippen molar-refractivity contribution in [2.24, 2.45) is 0 Å². The van der Waals surface area contributed by atoms with Gasteiger partial charge in [0.05, 0.1) is 10.4 Å². The molecule has 0 fully saturated rings. The molecule has 0 spiro atoms. The van der Waals surface area contributed by atoms with Crippen molar-refractivity contribution in [3.63, 3.8) is 0 Å². The lowest BCUT2D eigenvalue weighted by Crippen LogP contribution is -2.12. The summed E-state index contributed by atoms with van der Waals surface area (Å²) in [5.74, 6) is 0. The molecule has 0 bridgehead atoms. The topological polar surface area (TPSA) is 66.4 Å². The number of benzene rings is 1. The van der Waals surface area contributed by atoms with Crippen LogP contribution in [0.3, 0.4) is 0 Å². The number of sulfonamides is 1. The predicted molar refractivity (Wildman–Crippen MR) is 87.2 cm³/mol. The van der Waals surface area contributed by atoms with Crippen molar-refractivity contribution in [3.05, 3.63) is 44.1 Å². The van der Waals surface area contributed by atoms with Crippen LogP contribution in [0.15, 0.2) is 32.9 Å². The molecular formula is C14H14BrNO3S2. The van der Waals surface area contributed by atoms with Gasteiger partial charge in [0, 0.05) is 10.6 Å². The molecule has 21 heavy (non-hydrogen) atoms. The van der Waals surface area contributed by atoms with Gasteiger partial charge in [-0.3, -0.25) is 4.72 Å². The van der Waals surface area contributed by atoms with Crippen LogP contribution in [-0.4, -0.2) is 13.5 Å². The molecule has 0 aliphatic heterocycles. The lowest BCUT2D eigenvalue weighted by atomic mass is 10.1. The summed E-state index contributed by atoms with van der Waals surface area (Å²) in [5.41, 5.74) is 3.10. The molecule has 1 aromatic carbocycles. The van der Waals surface area contributed by atoms with Crippen LogP contribution in [0.4, 0.5) is 5.69 Å². The minimum Gasteiger partial charge on any atom is -0.391 e. The third kappa shape index (κ3) is 3.01. The van der Waals surface area contributed by atoms with Gasteiger partial charge in [-0.15, -0.1) is 11.3 Å². The highest BCUT2D eigenvalue weighted by atomic mass is 79.9. The molecule has 1 aromatic heterocycles. The number of hydrogen-bond acceptors (Lipinski definition) is 4. The average molecular weight is 388 g/mol. The molecule has 7 heteroatoms. The first-order valence-electron chi connectivity index (χ1n) is 6.53. The second-order valence-electron chi connectivity index (χ2n) is 4.95. The highest BCUT2D eigenvalue weighted by molar-refractivity contribution is 9.11. The van der Waals surface area contributed by atoms with Gasteiger partial charge < -0.3 is 5.11 Å². The lowest BCUT2D eigenvalue weighted by Gasteiger charge is -2.09. The van der Waals surface area contributed by atoms with Crippen molar-refractivity contribution < 1.29 is 13.5 Å². The van der Waals surface area contributed by atoms with Crippen molar-refractivity contribution in [2.45, 2.75) is 30.8 Å². The molecule has 0 atom stereocenters. The van der Waals surface area contributed by atoms with E-state index in [2.05, 4.69) is 20.7 Å². The SMILES string of the molecule is O=S(=O)(Nc1ccc2c(c1)CCC2)c1cc(CO)sc1Br. The predicted octanol–water partition coefficient (Wildman–Crippen LogP) is 3.29. The molecule has 2 aromatic rings. The zero-order chi connectivity index (χ0) is 15.0. The van der Waals surface area contributed by atoms with E-state index in [-0.39, 0.29) is 11.5 Å². The normalized spacial score (nSPS) is 14.2. The number of hydrogen-bond donors (Lipinski definition) is 2. The minimum atomic E-state index is -3.65. The van der Waals surface area contributed by atoms with Crippen LogP contribution in [0.25, 0.3) is 0 Å². The fraction of sp³-hybridized carbons (Fsp3) is 0.286. The number of halogens is 1. The average Bonchev–Trinajstić information content (AvgIpc) is 3.04. The summed E-state index contributed by atoms with van der Waals surface area (Å²) in [6.45, 7) is -0.169. The molecule has 3 rings (SSSR count). The van der Waals surface area contributed by atoms with E-state index in [0.717, 1.165) is 19.3 Å². The van der Waals surface area contributed by atoms with Gasteiger partial charge in [0.2, 0.25) is 0 Å². The summed E-state index contributed by atoms with van der Waals surface area (Å²) in [4.78, 5) is 0.772. The molecule has 0 saturated carbocycles. The van der Waals surface area contributed by atoms with Gasteiger partial charge >= 0.3 is 0 Å². The molecule has 1 aliphatic carbocycles. The van der Waals surface area contributed by atoms with Gasteiger partial charge in [0.1, 0.15) is 4.90 Å². The monoisotopic (exact) mass is 387 g/mol. The van der Waals surface area contributed by atoms with Crippen molar-refractivity contribution in [3.8, 4) is 0 Å². The number of thiophene rings is 1. The highest BCUT2D eigenvalue weighted by Crippen LogP contribution is 2.33. The van der Waals surface area contributed by atoms with E-state index in [9.17, 15) is 8.42 Å². The fourth-order valence-corrected chi connectivity index (χ4v) is 6.10. The molecule has 112 valence electrons. The summed E-state index contributed by atoms with van der Waals surface area (Å²) in [5, 5.41) is 9.11. The Morgan fingerprint density at radius 2 is 2.00 bits per heavy atom. The van der Waals surface area contributed by atoms with Crippen LogP contribution in [-0.2, 0) is 29.5 Å². The fourth-order valence-electron chi connectivity index (χ4n) is 2.50. The Morgan fingerprint density at radius 3 is 2.71 bits per heavy atom. The Hall–Kier alpha value is -0.890. The molecule has 2 N–H and O–H groups in total. The van der Waals surface area contributed by atoms with E-state index in [4.69, 9.17) is 5.11 Å². The van der Waals surface area contributed by atoms with Crippen molar-refractivity contribution in [1.82, 2.24) is 0 Å². The number of aliphatic hydroxyl groups excluding tert-OH is 1. The van der Waals surface area contributed by atoms with Gasteiger partial charge in [0.15, 0.2) is 0 Å². The summed E-state index contributed by atoms with van der Waals surface area (Å²) in [7, 11) is -3.65. The summed E-state index contributed by atoms with van der Waals surface area (Å²) < 4.78 is 28.0. The van der Waals surface area contributed by atoms with Gasteiger partial charge in [-0.2, -0.15) is 0 Å². The van der Waals surface area contributed by atoms with Gasteiger partial charge in [-0.05, 0) is 64.5 Å². The molecule has 4 nitrogen and oxygen atoms in total. The zero-order valence-corrected chi connectivity index (χ0v) is 14.3. The summed E-state index contributed by atoms with van der Waals surface area (Å²) in [6.07, 6.45) is 3.20. The van der Waals surface area contributed by atoms with E-state index in [0.29, 0.717) is 14.4 Å². The lowest BCUT2D eigenvalue weighted by molar-refractivity contribution is 0.285. The van der Waals surface area contributed by atoms with E-state index >= 15 is 0 Å². The Kier molecular flexibility index (Phi) is 4.09. The van der Waals surface area contributed by atoms with Crippen LogP contribution in [0.1, 0.15) is 22.4 Å². The molecular weight excluding hydrogens is 374 g/mol. The number of aryl methyl sites for hydroxylation is 2. The van der Waals surface area contributed by atoms with E-state index in [1.54, 1.807) is 6.07 Å². The van der Waals surface area contributed by atoms with Crippen molar-refractivity contribution >= 4 is 43.0 Å². The zero-order valence-electron chi connectivity index (χ0n) is 11.1. The first kappa shape index (κ1) is 15.0. The largest absolute Gasteiger partial charge is 0.391 e. The number of nitrogens with one attached hydrogen (secondary N) is 1. The van der Waals surface area contributed by atoms with Gasteiger partial charge in [-0.25, -0.2) is 8.42 Å². The molecule has 0 unspecified atom stereocenters. The standard InChI is InChI=1S/C14H14BrNO3S2/c15-14-13(7-12(8-17)20-14)21(18,19)16-11-5-4-9-2-1-3-10(9)6-11/h4-7,16-17H,1-3,8H2. The molecule has 1 heterocycles. The maximum absolute atomic E-state index is 12.4. The Labute approximate surface area is 136 Å². The van der Waals surface area contributed by atoms with Crippen LogP contribution < -0.4 is 4.72 Å². The van der Waals surface area contributed by atoms with Crippen LogP contribution >= 0.6 is 27.3 Å². The second kappa shape index (κ2) is 5.72. The molecule has 0 radical (unpaired) electrons. The van der Waals surface area contributed by atoms with Crippen molar-refractivity contribution in [1.29, 1.82) is 0 Å². The molecule has 0 saturated heterocycles. The maximum atomic E-state index is 12.4. The number of anilines is 1. The van der Waals surface area contributed by atoms with Crippen LogP contribution in [0, 0.1) is 0 Å². The Balaban J connectivity index is 1.90. The number of fused-ring (bicyclic) bond motifs is 1. The first-order chi connectivity index (χ1) is 9.99. The molecule has 0 amide bonds. The number of aliphatic hydroxyl groups is 1. The molecule has 1 aliphatic rings. The third-order valence-corrected chi connectivity index (χ3v) is 7.12. The van der Waals surface area contributed by atoms with Crippen molar-refractivity contribution in [2.75, 3.05) is 4.72 Å². The van der Waals surface area contributed by atoms with Crippen LogP contribution in [0.2, 0.25) is 0 Å². The third-order valence-electron chi connectivity index (χ3n) is 3.50. The van der Waals surface area contributed by atoms with Gasteiger partial charge in [0.25, 0.3) is 10.0 Å². The second-order valence-corrected chi connectivity index (χ2v) is 9.06. The Bertz CT molecular complexity index is 784. The highest BCUT2D eigenvalue weighted by Gasteiger charge is 2.21. The van der Waals surface area contributed by atoms with Gasteiger partial charge in [-0.1, -0.05) is 6.07 Å².